The van der Waals surface area contributed by atoms with Crippen LogP contribution in [0.4, 0.5) is 0 Å². The van der Waals surface area contributed by atoms with Gasteiger partial charge in [-0.3, -0.25) is 0 Å². The number of hydrogen-bond donors (Lipinski definition) is 0. The van der Waals surface area contributed by atoms with Gasteiger partial charge >= 0.3 is 0 Å². The molecule has 0 aliphatic rings. The van der Waals surface area contributed by atoms with E-state index in [0.29, 0.717) is 0 Å². The highest BCUT2D eigenvalue weighted by Gasteiger charge is 2.00. The summed E-state index contributed by atoms with van der Waals surface area (Å²) in [7, 11) is 3.25. The van der Waals surface area contributed by atoms with Crippen molar-refractivity contribution in [2.45, 2.75) is 6.29 Å². The fourth-order valence-electron chi connectivity index (χ4n) is 0.914. The fourth-order valence-corrected chi connectivity index (χ4v) is 0.914. The highest BCUT2D eigenvalue weighted by molar-refractivity contribution is 5.17. The van der Waals surface area contributed by atoms with Crippen LogP contribution >= 0.6 is 0 Å². The van der Waals surface area contributed by atoms with Crippen molar-refractivity contribution in [3.05, 3.63) is 29.8 Å². The van der Waals surface area contributed by atoms with Gasteiger partial charge in [-0.15, -0.1) is 5.56 Å². The zero-order valence-corrected chi connectivity index (χ0v) is 6.20. The lowest BCUT2D eigenvalue weighted by Crippen LogP contribution is -2.01. The molecule has 0 heterocycles. The molecule has 56 valence electrons. The smallest absolute Gasteiger partial charge is 0.160 e. The molecule has 0 saturated heterocycles. The van der Waals surface area contributed by atoms with Crippen LogP contribution in [0.5, 0.6) is 0 Å². The van der Waals surface area contributed by atoms with Gasteiger partial charge in [0.15, 0.2) is 6.29 Å². The average molecular weight is 139 g/mol. The number of ether oxygens (including phenoxy) is 2. The molecule has 1 aromatic carbocycles. The Balaban J connectivity index is 2.64. The van der Waals surface area contributed by atoms with Crippen LogP contribution in [-0.2, 0) is 9.47 Å². The molecule has 0 spiro atoms. The van der Waals surface area contributed by atoms with Gasteiger partial charge in [-0.1, -0.05) is 0 Å². The molecule has 0 bridgehead atoms. The Bertz CT molecular complexity index is 163. The van der Waals surface area contributed by atoms with Gasteiger partial charge in [0.1, 0.15) is 0 Å². The lowest BCUT2D eigenvalue weighted by molar-refractivity contribution is -0.105. The van der Waals surface area contributed by atoms with E-state index < -0.39 is 0 Å². The van der Waals surface area contributed by atoms with Gasteiger partial charge in [-0.05, 0) is 0 Å². The van der Waals surface area contributed by atoms with E-state index in [9.17, 15) is 0 Å². The van der Waals surface area contributed by atoms with Gasteiger partial charge in [0.2, 0.25) is 0 Å². The van der Waals surface area contributed by atoms with Crippen LogP contribution in [0.25, 0.3) is 0 Å². The third kappa shape index (κ3) is 1.40. The highest BCUT2D eigenvalue weighted by atomic mass is 16.7. The first-order chi connectivity index (χ1) is 4.88. The largest absolute Gasteiger partial charge is 0.354 e. The van der Waals surface area contributed by atoms with Crippen LogP contribution in [-0.4, -0.2) is 14.2 Å². The summed E-state index contributed by atoms with van der Waals surface area (Å²) in [6.45, 7) is 0. The van der Waals surface area contributed by atoms with Crippen molar-refractivity contribution in [1.29, 1.82) is 0 Å². The van der Waals surface area contributed by atoms with Crippen LogP contribution < -0.4 is 0 Å². The predicted molar refractivity (Wildman–Crippen MR) is 38.8 cm³/mol. The molecule has 2 nitrogen and oxygen atoms in total. The second-order valence-corrected chi connectivity index (χ2v) is 2.02. The number of methoxy groups -OCH3 is 2. The monoisotopic (exact) mass is 139 g/mol. The van der Waals surface area contributed by atoms with Crippen molar-refractivity contribution in [1.82, 2.24) is 0 Å². The summed E-state index contributed by atoms with van der Waals surface area (Å²) < 4.78 is 10.0. The van der Waals surface area contributed by atoms with Crippen LogP contribution in [0.1, 0.15) is 11.9 Å². The minimum atomic E-state index is -0.213. The average Bonchev–Trinajstić information content (AvgIpc) is 2.43. The molecule has 0 N–H and O–H groups in total. The summed E-state index contributed by atoms with van der Waals surface area (Å²) in [4.78, 5) is 0. The Hall–Kier alpha value is -0.730. The second kappa shape index (κ2) is 3.44. The maximum Gasteiger partial charge on any atom is 0.160 e. The molecule has 0 aliphatic carbocycles. The molecule has 0 saturated carbocycles. The van der Waals surface area contributed by atoms with E-state index in [-0.39, 0.29) is 6.29 Å². The summed E-state index contributed by atoms with van der Waals surface area (Å²) in [5.74, 6) is 0. The van der Waals surface area contributed by atoms with E-state index in [1.165, 1.54) is 0 Å². The zero-order valence-electron chi connectivity index (χ0n) is 6.20. The van der Waals surface area contributed by atoms with E-state index in [1.807, 2.05) is 24.3 Å². The minimum Gasteiger partial charge on any atom is -0.354 e. The minimum absolute atomic E-state index is 0.213. The van der Waals surface area contributed by atoms with Gasteiger partial charge < -0.3 is 9.47 Å². The third-order valence-electron chi connectivity index (χ3n) is 1.39. The maximum absolute atomic E-state index is 5.02. The molecule has 2 heteroatoms. The first kappa shape index (κ1) is 7.38. The Morgan fingerprint density at radius 2 is 2.10 bits per heavy atom. The van der Waals surface area contributed by atoms with Crippen LogP contribution in [0.15, 0.2) is 24.3 Å². The van der Waals surface area contributed by atoms with Gasteiger partial charge in [-0.2, -0.15) is 12.1 Å². The summed E-state index contributed by atoms with van der Waals surface area (Å²) in [5.41, 5.74) is 1.06. The molecule has 0 amide bonds. The Morgan fingerprint density at radius 1 is 1.40 bits per heavy atom. The van der Waals surface area contributed by atoms with Crippen molar-refractivity contribution in [2.75, 3.05) is 14.2 Å². The maximum atomic E-state index is 5.02. The van der Waals surface area contributed by atoms with Crippen molar-refractivity contribution >= 4 is 0 Å². The topological polar surface area (TPSA) is 18.5 Å². The molecule has 1 aromatic rings. The quantitative estimate of drug-likeness (QED) is 0.468. The molecule has 0 unspecified atom stereocenters. The molecule has 0 atom stereocenters. The van der Waals surface area contributed by atoms with Gasteiger partial charge in [0, 0.05) is 14.2 Å². The first-order valence-electron chi connectivity index (χ1n) is 3.15. The summed E-state index contributed by atoms with van der Waals surface area (Å²) in [6.07, 6.45) is -0.213. The van der Waals surface area contributed by atoms with Crippen molar-refractivity contribution in [3.8, 4) is 0 Å². The van der Waals surface area contributed by atoms with E-state index in [1.54, 1.807) is 14.2 Å². The highest BCUT2D eigenvalue weighted by Crippen LogP contribution is 2.16. The van der Waals surface area contributed by atoms with E-state index in [4.69, 9.17) is 9.47 Å². The molecule has 0 fully saturated rings. The lowest BCUT2D eigenvalue weighted by Gasteiger charge is -2.14. The SMILES string of the molecule is COC(OC)c1ccc[cH-]1. The van der Waals surface area contributed by atoms with E-state index in [0.717, 1.165) is 5.56 Å². The second-order valence-electron chi connectivity index (χ2n) is 2.02. The summed E-state index contributed by atoms with van der Waals surface area (Å²) in [6, 6.07) is 7.86. The molecule has 1 rings (SSSR count). The molecular weight excluding hydrogens is 128 g/mol. The first-order valence-corrected chi connectivity index (χ1v) is 3.15. The van der Waals surface area contributed by atoms with Gasteiger partial charge in [0.25, 0.3) is 0 Å². The van der Waals surface area contributed by atoms with Crippen LogP contribution in [0, 0.1) is 0 Å². The number of rotatable bonds is 3. The Labute approximate surface area is 60.7 Å². The molecular formula is C8H11O2-. The third-order valence-corrected chi connectivity index (χ3v) is 1.39. The van der Waals surface area contributed by atoms with E-state index >= 15 is 0 Å². The summed E-state index contributed by atoms with van der Waals surface area (Å²) in [5, 5.41) is 0. The van der Waals surface area contributed by atoms with Gasteiger partial charge in [-0.25, -0.2) is 12.1 Å². The standard InChI is InChI=1S/C8H11O2/c1-9-8(10-2)7-5-3-4-6-7/h3-6,8H,1-2H3/q-1. The van der Waals surface area contributed by atoms with Crippen molar-refractivity contribution in [2.24, 2.45) is 0 Å². The van der Waals surface area contributed by atoms with Crippen molar-refractivity contribution < 1.29 is 9.47 Å². The molecule has 0 aromatic heterocycles. The van der Waals surface area contributed by atoms with Crippen LogP contribution in [0.2, 0.25) is 0 Å². The summed E-state index contributed by atoms with van der Waals surface area (Å²) >= 11 is 0. The van der Waals surface area contributed by atoms with E-state index in [2.05, 4.69) is 0 Å². The fraction of sp³-hybridized carbons (Fsp3) is 0.375. The van der Waals surface area contributed by atoms with Crippen molar-refractivity contribution in [3.63, 3.8) is 0 Å². The Kier molecular flexibility index (Phi) is 2.54. The van der Waals surface area contributed by atoms with Gasteiger partial charge in [0.05, 0.1) is 0 Å². The molecule has 0 aliphatic heterocycles. The molecule has 0 radical (unpaired) electrons. The molecule has 10 heavy (non-hydrogen) atoms. The number of hydrogen-bond acceptors (Lipinski definition) is 2. The normalized spacial score (nSPS) is 10.7. The Morgan fingerprint density at radius 3 is 2.50 bits per heavy atom. The predicted octanol–water partition coefficient (Wildman–Crippen LogP) is 1.70. The lowest BCUT2D eigenvalue weighted by atomic mass is 10.3. The van der Waals surface area contributed by atoms with Crippen LogP contribution in [0.3, 0.4) is 0 Å². The zero-order chi connectivity index (χ0) is 7.40.